The lowest BCUT2D eigenvalue weighted by molar-refractivity contribution is -0.123. The van der Waals surface area contributed by atoms with Crippen molar-refractivity contribution in [3.63, 3.8) is 0 Å². The van der Waals surface area contributed by atoms with Crippen molar-refractivity contribution in [3.8, 4) is 0 Å². The van der Waals surface area contributed by atoms with Crippen molar-refractivity contribution in [1.29, 1.82) is 0 Å². The van der Waals surface area contributed by atoms with E-state index in [1.54, 1.807) is 6.08 Å². The fourth-order valence-electron chi connectivity index (χ4n) is 7.05. The van der Waals surface area contributed by atoms with Crippen molar-refractivity contribution >= 4 is 5.91 Å². The lowest BCUT2D eigenvalue weighted by atomic mass is 10.0. The van der Waals surface area contributed by atoms with Crippen LogP contribution in [0.4, 0.5) is 0 Å². The van der Waals surface area contributed by atoms with E-state index in [4.69, 9.17) is 0 Å². The zero-order valence-electron chi connectivity index (χ0n) is 40.3. The van der Waals surface area contributed by atoms with Crippen molar-refractivity contribution in [2.24, 2.45) is 0 Å². The Morgan fingerprint density at radius 2 is 0.710 bits per heavy atom. The minimum atomic E-state index is -0.845. The van der Waals surface area contributed by atoms with E-state index in [0.717, 1.165) is 83.5 Å². The third-order valence-electron chi connectivity index (χ3n) is 11.0. The first-order valence-corrected chi connectivity index (χ1v) is 25.7. The van der Waals surface area contributed by atoms with Crippen molar-refractivity contribution in [2.45, 2.75) is 231 Å². The van der Waals surface area contributed by atoms with Crippen LogP contribution in [0.5, 0.6) is 0 Å². The van der Waals surface area contributed by atoms with Crippen LogP contribution in [0.1, 0.15) is 219 Å². The topological polar surface area (TPSA) is 69.6 Å². The zero-order chi connectivity index (χ0) is 44.9. The van der Waals surface area contributed by atoms with Gasteiger partial charge in [-0.3, -0.25) is 4.79 Å². The molecule has 1 amide bonds. The van der Waals surface area contributed by atoms with E-state index in [1.807, 2.05) is 6.08 Å². The summed E-state index contributed by atoms with van der Waals surface area (Å²) < 4.78 is 0. The molecule has 0 bridgehead atoms. The summed E-state index contributed by atoms with van der Waals surface area (Å²) in [6.45, 7) is 4.17. The number of amides is 1. The second-order valence-electron chi connectivity index (χ2n) is 16.9. The second-order valence-corrected chi connectivity index (χ2v) is 16.9. The highest BCUT2D eigenvalue weighted by molar-refractivity contribution is 5.76. The number of carbonyl (C=O) groups excluding carboxylic acids is 1. The smallest absolute Gasteiger partial charge is 0.220 e. The molecule has 0 aliphatic carbocycles. The van der Waals surface area contributed by atoms with Gasteiger partial charge in [0.05, 0.1) is 18.8 Å². The Kier molecular flexibility index (Phi) is 49.4. The molecular formula is C58H97NO3. The van der Waals surface area contributed by atoms with E-state index in [0.29, 0.717) is 6.42 Å². The van der Waals surface area contributed by atoms with Gasteiger partial charge in [-0.2, -0.15) is 0 Å². The van der Waals surface area contributed by atoms with Crippen LogP contribution >= 0.6 is 0 Å². The number of aliphatic hydroxyl groups excluding tert-OH is 2. The minimum Gasteiger partial charge on any atom is -0.394 e. The molecule has 0 aromatic carbocycles. The maximum Gasteiger partial charge on any atom is 0.220 e. The first kappa shape index (κ1) is 58.8. The van der Waals surface area contributed by atoms with Crippen molar-refractivity contribution in [1.82, 2.24) is 5.32 Å². The quantitative estimate of drug-likeness (QED) is 0.0422. The molecule has 352 valence electrons. The largest absolute Gasteiger partial charge is 0.394 e. The third kappa shape index (κ3) is 47.8. The van der Waals surface area contributed by atoms with Gasteiger partial charge >= 0.3 is 0 Å². The number of hydrogen-bond acceptors (Lipinski definition) is 3. The summed E-state index contributed by atoms with van der Waals surface area (Å²) >= 11 is 0. The van der Waals surface area contributed by atoms with Crippen LogP contribution in [-0.4, -0.2) is 34.9 Å². The molecule has 3 N–H and O–H groups in total. The molecule has 4 nitrogen and oxygen atoms in total. The Morgan fingerprint density at radius 1 is 0.403 bits per heavy atom. The van der Waals surface area contributed by atoms with E-state index in [9.17, 15) is 15.0 Å². The highest BCUT2D eigenvalue weighted by Gasteiger charge is 2.17. The summed E-state index contributed by atoms with van der Waals surface area (Å²) in [7, 11) is 0. The molecule has 0 radical (unpaired) electrons. The lowest BCUT2D eigenvalue weighted by Gasteiger charge is -2.20. The first-order chi connectivity index (χ1) is 30.7. The predicted octanol–water partition coefficient (Wildman–Crippen LogP) is 16.9. The number of rotatable bonds is 45. The average molecular weight is 856 g/mol. The van der Waals surface area contributed by atoms with Gasteiger partial charge in [-0.15, -0.1) is 0 Å². The monoisotopic (exact) mass is 856 g/mol. The first-order valence-electron chi connectivity index (χ1n) is 25.7. The Morgan fingerprint density at radius 3 is 1.06 bits per heavy atom. The van der Waals surface area contributed by atoms with Crippen LogP contribution in [0.25, 0.3) is 0 Å². The van der Waals surface area contributed by atoms with Crippen molar-refractivity contribution in [2.75, 3.05) is 6.61 Å². The Bertz CT molecular complexity index is 1240. The van der Waals surface area contributed by atoms with Crippen molar-refractivity contribution in [3.05, 3.63) is 122 Å². The van der Waals surface area contributed by atoms with E-state index in [1.165, 1.54) is 116 Å². The molecule has 4 heteroatoms. The molecule has 0 aromatic rings. The number of aliphatic hydroxyl groups is 2. The molecule has 0 aliphatic rings. The highest BCUT2D eigenvalue weighted by atomic mass is 16.3. The average Bonchev–Trinajstić information content (AvgIpc) is 3.28. The van der Waals surface area contributed by atoms with Gasteiger partial charge in [-0.25, -0.2) is 0 Å². The number of allylic oxidation sites excluding steroid dienone is 19. The lowest BCUT2D eigenvalue weighted by Crippen LogP contribution is -2.45. The van der Waals surface area contributed by atoms with Gasteiger partial charge in [0.1, 0.15) is 0 Å². The Labute approximate surface area is 384 Å². The van der Waals surface area contributed by atoms with E-state index in [2.05, 4.69) is 129 Å². The van der Waals surface area contributed by atoms with Crippen LogP contribution in [0.3, 0.4) is 0 Å². The summed E-state index contributed by atoms with van der Waals surface area (Å²) in [6, 6.07) is -0.629. The number of carbonyl (C=O) groups is 1. The fourth-order valence-corrected chi connectivity index (χ4v) is 7.05. The molecule has 0 heterocycles. The molecule has 0 fully saturated rings. The van der Waals surface area contributed by atoms with Crippen LogP contribution in [0, 0.1) is 0 Å². The summed E-state index contributed by atoms with van der Waals surface area (Å²) in [5.41, 5.74) is 0. The number of unbranched alkanes of at least 4 members (excludes halogenated alkanes) is 20. The van der Waals surface area contributed by atoms with Gasteiger partial charge in [0.2, 0.25) is 5.91 Å². The molecule has 2 atom stereocenters. The summed E-state index contributed by atoms with van der Waals surface area (Å²) in [6.07, 6.45) is 80.5. The summed E-state index contributed by atoms with van der Waals surface area (Å²) in [5.74, 6) is -0.0740. The standard InChI is InChI=1S/C58H97NO3/c1-3-5-7-9-11-13-15-16-17-18-19-20-21-22-23-24-25-26-27-28-29-30-31-32-33-34-35-36-37-38-39-40-41-42-44-46-48-50-52-54-58(62)59-56(55-60)57(61)53-51-49-47-45-43-14-12-10-8-6-4-2/h5,7,11,13,16-17,19-20,22-23,25-26,28-29,31-32,34-35,51,53,56-57,60-61H,3-4,6,8-10,12,14-15,18,21,24,27,30,33,36-50,52,54-55H2,1-2H3,(H,59,62)/b7-5-,13-11-,17-16-,20-19-,23-22-,26-25-,29-28-,32-31-,35-34-,53-51+. The summed E-state index contributed by atoms with van der Waals surface area (Å²) in [5, 5.41) is 23.0. The Hall–Kier alpha value is -3.21. The maximum absolute atomic E-state index is 12.4. The normalized spacial score (nSPS) is 13.9. The molecule has 62 heavy (non-hydrogen) atoms. The molecule has 0 aromatic heterocycles. The Balaban J connectivity index is 3.59. The minimum absolute atomic E-state index is 0.0740. The van der Waals surface area contributed by atoms with E-state index in [-0.39, 0.29) is 12.5 Å². The summed E-state index contributed by atoms with van der Waals surface area (Å²) in [4.78, 5) is 12.4. The van der Waals surface area contributed by atoms with Crippen LogP contribution in [-0.2, 0) is 4.79 Å². The molecule has 0 rings (SSSR count). The molecule has 0 saturated carbocycles. The van der Waals surface area contributed by atoms with Crippen LogP contribution in [0.2, 0.25) is 0 Å². The SMILES string of the molecule is CC/C=C\C/C=C\C/C=C\C/C=C\C/C=C\C/C=C\C/C=C\C/C=C\C/C=C\CCCCCCCCCCCCCC(=O)NC(CO)C(O)/C=C/CCCCCCCCCCC. The third-order valence-corrected chi connectivity index (χ3v) is 11.0. The second kappa shape index (κ2) is 52.1. The zero-order valence-corrected chi connectivity index (χ0v) is 40.3. The highest BCUT2D eigenvalue weighted by Crippen LogP contribution is 2.14. The van der Waals surface area contributed by atoms with Crippen LogP contribution in [0.15, 0.2) is 122 Å². The predicted molar refractivity (Wildman–Crippen MR) is 276 cm³/mol. The molecular weight excluding hydrogens is 759 g/mol. The number of hydrogen-bond donors (Lipinski definition) is 3. The fraction of sp³-hybridized carbons (Fsp3) is 0.638. The molecule has 0 saturated heterocycles. The van der Waals surface area contributed by atoms with Gasteiger partial charge in [0.15, 0.2) is 0 Å². The maximum atomic E-state index is 12.4. The van der Waals surface area contributed by atoms with Crippen LogP contribution < -0.4 is 5.32 Å². The van der Waals surface area contributed by atoms with Gasteiger partial charge in [-0.1, -0.05) is 245 Å². The van der Waals surface area contributed by atoms with Gasteiger partial charge in [0.25, 0.3) is 0 Å². The van der Waals surface area contributed by atoms with Gasteiger partial charge < -0.3 is 15.5 Å². The van der Waals surface area contributed by atoms with Gasteiger partial charge in [-0.05, 0) is 89.9 Å². The molecule has 0 spiro atoms. The van der Waals surface area contributed by atoms with E-state index < -0.39 is 12.1 Å². The molecule has 0 aliphatic heterocycles. The van der Waals surface area contributed by atoms with E-state index >= 15 is 0 Å². The molecule has 2 unspecified atom stereocenters. The van der Waals surface area contributed by atoms with Crippen molar-refractivity contribution < 1.29 is 15.0 Å². The van der Waals surface area contributed by atoms with Gasteiger partial charge in [0, 0.05) is 6.42 Å². The number of nitrogens with one attached hydrogen (secondary N) is 1.